The Morgan fingerprint density at radius 1 is 1.00 bits per heavy atom. The molecular weight excluding hydrogens is 322 g/mol. The van der Waals surface area contributed by atoms with E-state index < -0.39 is 0 Å². The van der Waals surface area contributed by atoms with Gasteiger partial charge < -0.3 is 10.2 Å². The summed E-state index contributed by atoms with van der Waals surface area (Å²) in [4.78, 5) is 14.2. The maximum Gasteiger partial charge on any atom is 0.154 e. The van der Waals surface area contributed by atoms with E-state index >= 15 is 0 Å². The van der Waals surface area contributed by atoms with Gasteiger partial charge in [-0.3, -0.25) is 9.36 Å². The van der Waals surface area contributed by atoms with Crippen molar-refractivity contribution in [2.24, 2.45) is 0 Å². The van der Waals surface area contributed by atoms with Crippen molar-refractivity contribution in [3.63, 3.8) is 0 Å². The quantitative estimate of drug-likeness (QED) is 0.742. The van der Waals surface area contributed by atoms with E-state index in [1.807, 2.05) is 42.5 Å². The Balaban J connectivity index is 2.01. The number of carbonyl (C=O) groups excluding carboxylic acids is 1. The minimum absolute atomic E-state index is 0.703. The summed E-state index contributed by atoms with van der Waals surface area (Å²) in [6.07, 6.45) is 0.978. The van der Waals surface area contributed by atoms with E-state index in [2.05, 4.69) is 20.9 Å². The number of nitrogens with one attached hydrogen (secondary N) is 1. The van der Waals surface area contributed by atoms with Gasteiger partial charge in [-0.05, 0) is 30.3 Å². The van der Waals surface area contributed by atoms with Gasteiger partial charge in [0, 0.05) is 42.3 Å². The molecule has 0 radical (unpaired) electrons. The van der Waals surface area contributed by atoms with Gasteiger partial charge in [-0.2, -0.15) is 0 Å². The molecule has 3 aromatic rings. The number of fused-ring (bicyclic) bond motifs is 1. The van der Waals surface area contributed by atoms with Crippen LogP contribution < -0.4 is 10.2 Å². The lowest BCUT2D eigenvalue weighted by atomic mass is 10.2. The predicted molar refractivity (Wildman–Crippen MR) is 98.8 cm³/mol. The second kappa shape index (κ2) is 6.30. The van der Waals surface area contributed by atoms with E-state index in [-0.39, 0.29) is 0 Å². The molecule has 0 saturated carbocycles. The lowest BCUT2D eigenvalue weighted by Gasteiger charge is -2.31. The zero-order chi connectivity index (χ0) is 16.5. The second-order valence-corrected chi connectivity index (χ2v) is 6.36. The number of benzene rings is 2. The molecule has 5 heteroatoms. The van der Waals surface area contributed by atoms with Crippen LogP contribution in [0.25, 0.3) is 16.6 Å². The van der Waals surface area contributed by atoms with Crippen molar-refractivity contribution >= 4 is 34.6 Å². The molecular formula is C19H18ClN3O. The minimum atomic E-state index is 0.703. The molecule has 0 bridgehead atoms. The third kappa shape index (κ3) is 2.48. The molecule has 0 atom stereocenters. The first-order chi connectivity index (χ1) is 11.8. The van der Waals surface area contributed by atoms with Gasteiger partial charge in [-0.1, -0.05) is 29.8 Å². The second-order valence-electron chi connectivity index (χ2n) is 5.92. The van der Waals surface area contributed by atoms with E-state index in [0.717, 1.165) is 60.4 Å². The first-order valence-corrected chi connectivity index (χ1v) is 8.47. The maximum atomic E-state index is 11.9. The Morgan fingerprint density at radius 2 is 1.71 bits per heavy atom. The number of hydrogen-bond donors (Lipinski definition) is 1. The lowest BCUT2D eigenvalue weighted by Crippen LogP contribution is -2.44. The largest absolute Gasteiger partial charge is 0.355 e. The van der Waals surface area contributed by atoms with Gasteiger partial charge in [0.25, 0.3) is 0 Å². The van der Waals surface area contributed by atoms with E-state index in [1.54, 1.807) is 0 Å². The predicted octanol–water partition coefficient (Wildman–Crippen LogP) is 3.51. The topological polar surface area (TPSA) is 37.3 Å². The number of nitrogens with zero attached hydrogens (tertiary/aromatic N) is 2. The first-order valence-electron chi connectivity index (χ1n) is 8.10. The normalized spacial score (nSPS) is 15.0. The Kier molecular flexibility index (Phi) is 4.00. The summed E-state index contributed by atoms with van der Waals surface area (Å²) in [5.41, 5.74) is 2.80. The van der Waals surface area contributed by atoms with E-state index in [9.17, 15) is 4.79 Å². The van der Waals surface area contributed by atoms with Crippen molar-refractivity contribution in [1.82, 2.24) is 9.88 Å². The average Bonchev–Trinajstić information content (AvgIpc) is 2.97. The summed E-state index contributed by atoms with van der Waals surface area (Å²) in [6.45, 7) is 3.59. The maximum absolute atomic E-state index is 11.9. The molecule has 0 aliphatic carbocycles. The highest BCUT2D eigenvalue weighted by Gasteiger charge is 2.23. The number of aromatic nitrogens is 1. The van der Waals surface area contributed by atoms with Gasteiger partial charge in [0.1, 0.15) is 5.82 Å². The van der Waals surface area contributed by atoms with Crippen molar-refractivity contribution in [1.29, 1.82) is 0 Å². The fourth-order valence-electron chi connectivity index (χ4n) is 3.41. The standard InChI is InChI=1S/C19H18ClN3O/c20-14-5-7-15(8-6-14)23-18-4-2-1-3-16(18)17(13-24)19(23)22-11-9-21-10-12-22/h1-8,13,21H,9-12H2. The molecule has 1 aromatic heterocycles. The Bertz CT molecular complexity index is 880. The molecule has 0 unspecified atom stereocenters. The minimum Gasteiger partial charge on any atom is -0.355 e. The van der Waals surface area contributed by atoms with Crippen LogP contribution in [0.1, 0.15) is 10.4 Å². The van der Waals surface area contributed by atoms with Crippen molar-refractivity contribution in [3.8, 4) is 5.69 Å². The SMILES string of the molecule is O=Cc1c(N2CCNCC2)n(-c2ccc(Cl)cc2)c2ccccc12. The van der Waals surface area contributed by atoms with Crippen molar-refractivity contribution in [3.05, 3.63) is 59.1 Å². The van der Waals surface area contributed by atoms with Gasteiger partial charge in [0.15, 0.2) is 6.29 Å². The van der Waals surface area contributed by atoms with Crippen LogP contribution in [0.5, 0.6) is 0 Å². The zero-order valence-electron chi connectivity index (χ0n) is 13.2. The Labute approximate surface area is 145 Å². The number of anilines is 1. The number of para-hydroxylation sites is 1. The fourth-order valence-corrected chi connectivity index (χ4v) is 3.53. The number of piperazine rings is 1. The Morgan fingerprint density at radius 3 is 2.42 bits per heavy atom. The fraction of sp³-hybridized carbons (Fsp3) is 0.211. The molecule has 1 fully saturated rings. The molecule has 4 rings (SSSR count). The van der Waals surface area contributed by atoms with Crippen LogP contribution in [0, 0.1) is 0 Å². The molecule has 1 N–H and O–H groups in total. The van der Waals surface area contributed by atoms with Crippen LogP contribution in [0.4, 0.5) is 5.82 Å². The van der Waals surface area contributed by atoms with Crippen LogP contribution in [0.2, 0.25) is 5.02 Å². The molecule has 2 heterocycles. The number of rotatable bonds is 3. The highest BCUT2D eigenvalue weighted by molar-refractivity contribution is 6.30. The van der Waals surface area contributed by atoms with Gasteiger partial charge in [-0.15, -0.1) is 0 Å². The van der Waals surface area contributed by atoms with Crippen LogP contribution in [0.15, 0.2) is 48.5 Å². The lowest BCUT2D eigenvalue weighted by molar-refractivity contribution is 0.112. The van der Waals surface area contributed by atoms with Crippen molar-refractivity contribution in [2.45, 2.75) is 0 Å². The van der Waals surface area contributed by atoms with Gasteiger partial charge in [-0.25, -0.2) is 0 Å². The van der Waals surface area contributed by atoms with Crippen molar-refractivity contribution in [2.75, 3.05) is 31.1 Å². The van der Waals surface area contributed by atoms with E-state index in [0.29, 0.717) is 5.02 Å². The van der Waals surface area contributed by atoms with E-state index in [4.69, 9.17) is 11.6 Å². The zero-order valence-corrected chi connectivity index (χ0v) is 14.0. The van der Waals surface area contributed by atoms with E-state index in [1.165, 1.54) is 0 Å². The monoisotopic (exact) mass is 339 g/mol. The molecule has 2 aromatic carbocycles. The summed E-state index contributed by atoms with van der Waals surface area (Å²) < 4.78 is 2.17. The Hall–Kier alpha value is -2.30. The molecule has 24 heavy (non-hydrogen) atoms. The summed E-state index contributed by atoms with van der Waals surface area (Å²) in [7, 11) is 0. The highest BCUT2D eigenvalue weighted by atomic mass is 35.5. The number of aldehydes is 1. The highest BCUT2D eigenvalue weighted by Crippen LogP contribution is 2.35. The van der Waals surface area contributed by atoms with Gasteiger partial charge in [0.05, 0.1) is 11.1 Å². The number of carbonyl (C=O) groups is 1. The van der Waals surface area contributed by atoms with Crippen LogP contribution in [-0.4, -0.2) is 37.0 Å². The molecule has 1 saturated heterocycles. The third-order valence-electron chi connectivity index (χ3n) is 4.51. The van der Waals surface area contributed by atoms with Gasteiger partial charge >= 0.3 is 0 Å². The summed E-state index contributed by atoms with van der Waals surface area (Å²) in [6, 6.07) is 15.8. The van der Waals surface area contributed by atoms with Crippen LogP contribution >= 0.6 is 11.6 Å². The molecule has 122 valence electrons. The molecule has 0 amide bonds. The summed E-state index contributed by atoms with van der Waals surface area (Å²) in [5, 5.41) is 5.05. The molecule has 0 spiro atoms. The van der Waals surface area contributed by atoms with Gasteiger partial charge in [0.2, 0.25) is 0 Å². The average molecular weight is 340 g/mol. The molecule has 1 aliphatic heterocycles. The van der Waals surface area contributed by atoms with Crippen molar-refractivity contribution < 1.29 is 4.79 Å². The summed E-state index contributed by atoms with van der Waals surface area (Å²) >= 11 is 6.05. The summed E-state index contributed by atoms with van der Waals surface area (Å²) in [5.74, 6) is 0.968. The first kappa shape index (κ1) is 15.2. The molecule has 4 nitrogen and oxygen atoms in total. The number of halogens is 1. The number of hydrogen-bond acceptors (Lipinski definition) is 3. The third-order valence-corrected chi connectivity index (χ3v) is 4.76. The van der Waals surface area contributed by atoms with Crippen LogP contribution in [0.3, 0.4) is 0 Å². The molecule has 1 aliphatic rings. The smallest absolute Gasteiger partial charge is 0.154 e. The van der Waals surface area contributed by atoms with Crippen LogP contribution in [-0.2, 0) is 0 Å².